The van der Waals surface area contributed by atoms with Crippen molar-refractivity contribution in [2.45, 2.75) is 31.1 Å². The summed E-state index contributed by atoms with van der Waals surface area (Å²) in [6.07, 6.45) is 0.0134. The average Bonchev–Trinajstić information content (AvgIpc) is 3.59. The largest absolute Gasteiger partial charge is 0.416 e. The number of benzene rings is 1. The maximum Gasteiger partial charge on any atom is 0.416 e. The Kier molecular flexibility index (Phi) is 5.14. The molecule has 0 spiro atoms. The lowest BCUT2D eigenvalue weighted by Gasteiger charge is -2.23. The second-order valence-electron chi connectivity index (χ2n) is 9.13. The van der Waals surface area contributed by atoms with E-state index in [1.807, 2.05) is 4.68 Å². The summed E-state index contributed by atoms with van der Waals surface area (Å²) in [7, 11) is 0. The number of anilines is 2. The summed E-state index contributed by atoms with van der Waals surface area (Å²) in [5.74, 6) is 0.161. The van der Waals surface area contributed by atoms with E-state index in [1.165, 1.54) is 6.33 Å². The number of aromatic nitrogens is 5. The van der Waals surface area contributed by atoms with Gasteiger partial charge in [0.25, 0.3) is 5.91 Å². The van der Waals surface area contributed by atoms with E-state index < -0.39 is 17.6 Å². The Labute approximate surface area is 202 Å². The normalized spacial score (nSPS) is 21.2. The number of alkyl halides is 3. The average molecular weight is 494 g/mol. The highest BCUT2D eigenvalue weighted by Crippen LogP contribution is 2.42. The minimum Gasteiger partial charge on any atom is -0.383 e. The maximum absolute atomic E-state index is 12.9. The summed E-state index contributed by atoms with van der Waals surface area (Å²) in [6.45, 7) is 1.02. The number of pyridine rings is 1. The van der Waals surface area contributed by atoms with Gasteiger partial charge in [-0.2, -0.15) is 18.3 Å². The van der Waals surface area contributed by atoms with Gasteiger partial charge in [-0.1, -0.05) is 12.1 Å². The summed E-state index contributed by atoms with van der Waals surface area (Å²) in [6, 6.07) is 8.70. The lowest BCUT2D eigenvalue weighted by Crippen LogP contribution is -2.35. The van der Waals surface area contributed by atoms with Gasteiger partial charge in [0.1, 0.15) is 23.7 Å². The highest BCUT2D eigenvalue weighted by Gasteiger charge is 2.42. The number of fused-ring (bicyclic) bond motifs is 3. The van der Waals surface area contributed by atoms with Crippen LogP contribution in [-0.4, -0.2) is 43.2 Å². The number of nitrogens with one attached hydrogen (secondary N) is 2. The molecule has 3 unspecified atom stereocenters. The smallest absolute Gasteiger partial charge is 0.383 e. The first-order valence-corrected chi connectivity index (χ1v) is 11.4. The van der Waals surface area contributed by atoms with Gasteiger partial charge >= 0.3 is 6.18 Å². The van der Waals surface area contributed by atoms with Crippen LogP contribution in [0.3, 0.4) is 0 Å². The van der Waals surface area contributed by atoms with Crippen LogP contribution in [0, 0.1) is 5.92 Å². The van der Waals surface area contributed by atoms with Gasteiger partial charge in [-0.15, -0.1) is 0 Å². The highest BCUT2D eigenvalue weighted by molar-refractivity contribution is 6.04. The summed E-state index contributed by atoms with van der Waals surface area (Å²) >= 11 is 0. The van der Waals surface area contributed by atoms with Crippen LogP contribution < -0.4 is 16.4 Å². The predicted molar refractivity (Wildman–Crippen MR) is 126 cm³/mol. The summed E-state index contributed by atoms with van der Waals surface area (Å²) in [5.41, 5.74) is 7.56. The van der Waals surface area contributed by atoms with Crippen molar-refractivity contribution in [2.24, 2.45) is 5.92 Å². The first kappa shape index (κ1) is 22.4. The molecular formula is C24H21F3N8O. The quantitative estimate of drug-likeness (QED) is 0.396. The van der Waals surface area contributed by atoms with Gasteiger partial charge in [-0.3, -0.25) is 4.79 Å². The number of carbonyl (C=O) groups excluding carboxylic acids is 1. The molecule has 184 valence electrons. The summed E-state index contributed by atoms with van der Waals surface area (Å²) in [5, 5.41) is 11.5. The highest BCUT2D eigenvalue weighted by atomic mass is 19.4. The third kappa shape index (κ3) is 3.83. The molecule has 3 aromatic heterocycles. The lowest BCUT2D eigenvalue weighted by molar-refractivity contribution is -0.137. The molecule has 4 N–H and O–H groups in total. The molecule has 2 bridgehead atoms. The number of hydrogen-bond donors (Lipinski definition) is 3. The first-order chi connectivity index (χ1) is 17.3. The lowest BCUT2D eigenvalue weighted by atomic mass is 10.1. The second kappa shape index (κ2) is 8.26. The summed E-state index contributed by atoms with van der Waals surface area (Å²) in [4.78, 5) is 25.1. The van der Waals surface area contributed by atoms with Crippen molar-refractivity contribution in [2.75, 3.05) is 17.6 Å². The second-order valence-corrected chi connectivity index (χ2v) is 9.13. The van der Waals surface area contributed by atoms with Gasteiger partial charge in [0, 0.05) is 23.4 Å². The Morgan fingerprint density at radius 2 is 1.92 bits per heavy atom. The fourth-order valence-corrected chi connectivity index (χ4v) is 5.16. The number of halogens is 3. The Hall–Kier alpha value is -4.06. The first-order valence-electron chi connectivity index (χ1n) is 11.4. The molecular weight excluding hydrogens is 473 g/mol. The Morgan fingerprint density at radius 1 is 1.11 bits per heavy atom. The van der Waals surface area contributed by atoms with Crippen molar-refractivity contribution in [3.63, 3.8) is 0 Å². The van der Waals surface area contributed by atoms with Crippen molar-refractivity contribution in [3.05, 3.63) is 60.0 Å². The number of nitrogen functional groups attached to an aromatic ring is 1. The molecule has 2 aliphatic rings. The van der Waals surface area contributed by atoms with E-state index >= 15 is 0 Å². The van der Waals surface area contributed by atoms with E-state index in [0.717, 1.165) is 37.7 Å². The zero-order valence-electron chi connectivity index (χ0n) is 18.8. The molecule has 6 rings (SSSR count). The van der Waals surface area contributed by atoms with Crippen LogP contribution in [0.25, 0.3) is 22.3 Å². The Bertz CT molecular complexity index is 1470. The molecule has 1 saturated heterocycles. The van der Waals surface area contributed by atoms with Crippen LogP contribution in [-0.2, 0) is 6.18 Å². The number of hydrogen-bond acceptors (Lipinski definition) is 7. The standard InChI is InChI=1S/C24H21F3N8O/c25-24(26,27)15-5-6-29-18(9-15)33-23(36)14-3-1-13(2-4-14)20-19-21(28)31-11-32-22(19)35(34-20)17-8-12-7-16(17)30-10-12/h1-6,9,11-12,16-17,30H,7-8,10H2,(H2,28,31,32)(H,29,33,36). The Morgan fingerprint density at radius 3 is 2.61 bits per heavy atom. The molecule has 1 aliphatic carbocycles. The molecule has 1 aromatic carbocycles. The van der Waals surface area contributed by atoms with Crippen molar-refractivity contribution >= 4 is 28.6 Å². The van der Waals surface area contributed by atoms with Gasteiger partial charge in [-0.05, 0) is 49.6 Å². The molecule has 36 heavy (non-hydrogen) atoms. The van der Waals surface area contributed by atoms with E-state index in [-0.39, 0.29) is 17.4 Å². The zero-order valence-corrected chi connectivity index (χ0v) is 18.8. The fourth-order valence-electron chi connectivity index (χ4n) is 5.16. The van der Waals surface area contributed by atoms with Gasteiger partial charge in [0.15, 0.2) is 5.65 Å². The Balaban J connectivity index is 1.29. The van der Waals surface area contributed by atoms with Gasteiger partial charge in [0.2, 0.25) is 0 Å². The van der Waals surface area contributed by atoms with E-state index in [4.69, 9.17) is 10.8 Å². The van der Waals surface area contributed by atoms with Crippen molar-refractivity contribution in [1.29, 1.82) is 0 Å². The molecule has 1 aliphatic heterocycles. The van der Waals surface area contributed by atoms with Crippen molar-refractivity contribution in [3.8, 4) is 11.3 Å². The molecule has 1 saturated carbocycles. The van der Waals surface area contributed by atoms with Gasteiger partial charge in [-0.25, -0.2) is 19.6 Å². The maximum atomic E-state index is 12.9. The monoisotopic (exact) mass is 494 g/mol. The number of nitrogens with zero attached hydrogens (tertiary/aromatic N) is 5. The predicted octanol–water partition coefficient (Wildman–Crippen LogP) is 3.66. The van der Waals surface area contributed by atoms with Crippen LogP contribution in [0.4, 0.5) is 24.8 Å². The molecule has 0 radical (unpaired) electrons. The van der Waals surface area contributed by atoms with Crippen LogP contribution in [0.15, 0.2) is 48.9 Å². The topological polar surface area (TPSA) is 124 Å². The number of nitrogens with two attached hydrogens (primary N) is 1. The number of piperidine rings is 1. The fraction of sp³-hybridized carbons (Fsp3) is 0.292. The molecule has 4 heterocycles. The van der Waals surface area contributed by atoms with Gasteiger partial charge < -0.3 is 16.4 Å². The minimum absolute atomic E-state index is 0.166. The van der Waals surface area contributed by atoms with Gasteiger partial charge in [0.05, 0.1) is 17.0 Å². The molecule has 12 heteroatoms. The summed E-state index contributed by atoms with van der Waals surface area (Å²) < 4.78 is 40.8. The molecule has 1 amide bonds. The SMILES string of the molecule is Nc1ncnc2c1c(-c1ccc(C(=O)Nc3cc(C(F)(F)F)ccn3)cc1)nn2C1CC2CNC1C2. The van der Waals surface area contributed by atoms with Crippen LogP contribution in [0.5, 0.6) is 0 Å². The molecule has 4 aromatic rings. The van der Waals surface area contributed by atoms with E-state index in [9.17, 15) is 18.0 Å². The molecule has 2 fully saturated rings. The van der Waals surface area contributed by atoms with Crippen LogP contribution in [0.1, 0.15) is 34.8 Å². The molecule has 9 nitrogen and oxygen atoms in total. The number of carbonyl (C=O) groups is 1. The van der Waals surface area contributed by atoms with Crippen LogP contribution >= 0.6 is 0 Å². The minimum atomic E-state index is -4.53. The van der Waals surface area contributed by atoms with E-state index in [1.54, 1.807) is 24.3 Å². The number of amides is 1. The molecule has 3 atom stereocenters. The number of rotatable bonds is 4. The van der Waals surface area contributed by atoms with Crippen LogP contribution in [0.2, 0.25) is 0 Å². The van der Waals surface area contributed by atoms with Crippen molar-refractivity contribution in [1.82, 2.24) is 30.0 Å². The van der Waals surface area contributed by atoms with E-state index in [0.29, 0.717) is 40.1 Å². The zero-order chi connectivity index (χ0) is 25.0. The van der Waals surface area contributed by atoms with E-state index in [2.05, 4.69) is 25.6 Å². The third-order valence-corrected chi connectivity index (χ3v) is 6.88. The van der Waals surface area contributed by atoms with Crippen molar-refractivity contribution < 1.29 is 18.0 Å². The third-order valence-electron chi connectivity index (χ3n) is 6.88.